The van der Waals surface area contributed by atoms with Crippen molar-refractivity contribution < 1.29 is 28.3 Å². The second-order valence-electron chi connectivity index (χ2n) is 2.56. The first-order valence-corrected chi connectivity index (χ1v) is 4.58. The maximum Gasteiger partial charge on any atom is 1.00 e. The quantitative estimate of drug-likeness (QED) is 0.353. The minimum atomic E-state index is -0.267. The largest absolute Gasteiger partial charge is 1.00 e. The van der Waals surface area contributed by atoms with E-state index in [1.807, 2.05) is 38.1 Å². The van der Waals surface area contributed by atoms with Crippen LogP contribution in [0.25, 0.3) is 0 Å². The van der Waals surface area contributed by atoms with Crippen LogP contribution in [0.2, 0.25) is 0 Å². The molecule has 0 fully saturated rings. The Morgan fingerprint density at radius 2 is 1.86 bits per heavy atom. The number of ether oxygens (including phenoxy) is 2. The third-order valence-corrected chi connectivity index (χ3v) is 1.62. The van der Waals surface area contributed by atoms with Crippen molar-refractivity contribution in [1.82, 2.24) is 0 Å². The van der Waals surface area contributed by atoms with Crippen LogP contribution in [0, 0.1) is 6.07 Å². The molecule has 0 bridgehead atoms. The van der Waals surface area contributed by atoms with Crippen LogP contribution in [0.15, 0.2) is 24.3 Å². The number of hydrogen-bond acceptors (Lipinski definition) is 2. The van der Waals surface area contributed by atoms with Gasteiger partial charge in [0.2, 0.25) is 0 Å². The van der Waals surface area contributed by atoms with Crippen LogP contribution >= 0.6 is 0 Å². The summed E-state index contributed by atoms with van der Waals surface area (Å²) in [5, 5.41) is 0. The normalized spacial score (nSPS) is 9.93. The van der Waals surface area contributed by atoms with Gasteiger partial charge in [-0.15, -0.1) is 5.56 Å². The summed E-state index contributed by atoms with van der Waals surface area (Å²) in [5.41, 5.74) is 0.950. The van der Waals surface area contributed by atoms with Gasteiger partial charge in [-0.3, -0.25) is 0 Å². The Hall–Kier alpha value is -0.263. The predicted molar refractivity (Wildman–Crippen MR) is 51.3 cm³/mol. The Balaban J connectivity index is 0.00000169. The zero-order chi connectivity index (χ0) is 9.52. The molecule has 0 aliphatic heterocycles. The van der Waals surface area contributed by atoms with Crippen molar-refractivity contribution in [2.75, 3.05) is 13.2 Å². The molecule has 0 aliphatic carbocycles. The Kier molecular flexibility index (Phi) is 7.93. The summed E-state index contributed by atoms with van der Waals surface area (Å²) in [4.78, 5) is 0. The van der Waals surface area contributed by atoms with Crippen LogP contribution in [-0.2, 0) is 9.47 Å². The van der Waals surface area contributed by atoms with Crippen LogP contribution in [0.4, 0.5) is 0 Å². The third kappa shape index (κ3) is 4.30. The van der Waals surface area contributed by atoms with Crippen LogP contribution in [-0.4, -0.2) is 13.2 Å². The minimum absolute atomic E-state index is 0. The molecule has 0 unspecified atom stereocenters. The Morgan fingerprint density at radius 1 is 1.21 bits per heavy atom. The Labute approximate surface area is 97.8 Å². The van der Waals surface area contributed by atoms with Crippen molar-refractivity contribution >= 4 is 0 Å². The van der Waals surface area contributed by atoms with E-state index in [0.717, 1.165) is 5.56 Å². The summed E-state index contributed by atoms with van der Waals surface area (Å²) in [6, 6.07) is 10.8. The van der Waals surface area contributed by atoms with Crippen molar-refractivity contribution in [1.29, 1.82) is 0 Å². The van der Waals surface area contributed by atoms with Gasteiger partial charge in [-0.05, 0) is 13.8 Å². The topological polar surface area (TPSA) is 18.5 Å². The van der Waals surface area contributed by atoms with Gasteiger partial charge >= 0.3 is 18.9 Å². The zero-order valence-electron chi connectivity index (χ0n) is 9.12. The van der Waals surface area contributed by atoms with Gasteiger partial charge in [0, 0.05) is 13.2 Å². The number of rotatable bonds is 5. The summed E-state index contributed by atoms with van der Waals surface area (Å²) in [5.74, 6) is 0. The fourth-order valence-corrected chi connectivity index (χ4v) is 1.08. The van der Waals surface area contributed by atoms with Gasteiger partial charge in [-0.1, -0.05) is 0 Å². The molecule has 0 radical (unpaired) electrons. The van der Waals surface area contributed by atoms with E-state index >= 15 is 0 Å². The molecule has 0 spiro atoms. The van der Waals surface area contributed by atoms with Crippen LogP contribution in [0.5, 0.6) is 0 Å². The second kappa shape index (κ2) is 8.08. The van der Waals surface area contributed by atoms with Gasteiger partial charge in [0.25, 0.3) is 0 Å². The summed E-state index contributed by atoms with van der Waals surface area (Å²) in [6.45, 7) is 5.20. The predicted octanol–water partition coefficient (Wildman–Crippen LogP) is -0.438. The van der Waals surface area contributed by atoms with Crippen LogP contribution < -0.4 is 18.9 Å². The van der Waals surface area contributed by atoms with E-state index in [-0.39, 0.29) is 25.2 Å². The Bertz CT molecular complexity index is 220. The van der Waals surface area contributed by atoms with Gasteiger partial charge in [-0.25, -0.2) is 0 Å². The maximum absolute atomic E-state index is 5.41. The molecule has 0 saturated carbocycles. The SMILES string of the molecule is CCOC(OCC)c1[c-]cccc1.[Li+]. The summed E-state index contributed by atoms with van der Waals surface area (Å²) < 4.78 is 10.8. The monoisotopic (exact) mass is 186 g/mol. The van der Waals surface area contributed by atoms with Crippen molar-refractivity contribution in [2.45, 2.75) is 20.1 Å². The van der Waals surface area contributed by atoms with E-state index in [1.165, 1.54) is 0 Å². The molecule has 1 aromatic rings. The molecule has 72 valence electrons. The molecule has 0 heterocycles. The molecule has 0 N–H and O–H groups in total. The average Bonchev–Trinajstić information content (AvgIpc) is 2.19. The smallest absolute Gasteiger partial charge is 0.351 e. The zero-order valence-corrected chi connectivity index (χ0v) is 9.12. The van der Waals surface area contributed by atoms with Gasteiger partial charge in [0.1, 0.15) is 0 Å². The first-order valence-electron chi connectivity index (χ1n) is 4.58. The van der Waals surface area contributed by atoms with E-state index in [9.17, 15) is 0 Å². The fraction of sp³-hybridized carbons (Fsp3) is 0.455. The molecule has 3 heteroatoms. The molecule has 0 saturated heterocycles. The fourth-order valence-electron chi connectivity index (χ4n) is 1.08. The molecule has 0 amide bonds. The van der Waals surface area contributed by atoms with E-state index in [2.05, 4.69) is 6.07 Å². The summed E-state index contributed by atoms with van der Waals surface area (Å²) in [6.07, 6.45) is -0.267. The van der Waals surface area contributed by atoms with E-state index < -0.39 is 0 Å². The molecule has 14 heavy (non-hydrogen) atoms. The second-order valence-corrected chi connectivity index (χ2v) is 2.56. The van der Waals surface area contributed by atoms with Gasteiger partial charge < -0.3 is 9.47 Å². The molecule has 0 aliphatic rings. The molecule has 0 aromatic heterocycles. The number of hydrogen-bond donors (Lipinski definition) is 0. The van der Waals surface area contributed by atoms with Gasteiger partial charge in [0.05, 0.1) is 0 Å². The molecule has 1 rings (SSSR count). The standard InChI is InChI=1S/C11H15O2.Li/c1-3-12-11(13-4-2)10-8-6-5-7-9-10;/h5-8,11H,3-4H2,1-2H3;/q-1;+1. The van der Waals surface area contributed by atoms with Gasteiger partial charge in [-0.2, -0.15) is 30.3 Å². The third-order valence-electron chi connectivity index (χ3n) is 1.62. The van der Waals surface area contributed by atoms with E-state index in [0.29, 0.717) is 13.2 Å². The van der Waals surface area contributed by atoms with Gasteiger partial charge in [0.15, 0.2) is 6.29 Å². The number of benzene rings is 1. The Morgan fingerprint density at radius 3 is 2.29 bits per heavy atom. The van der Waals surface area contributed by atoms with Crippen molar-refractivity contribution in [3.63, 3.8) is 0 Å². The van der Waals surface area contributed by atoms with Crippen molar-refractivity contribution in [3.8, 4) is 0 Å². The van der Waals surface area contributed by atoms with Crippen molar-refractivity contribution in [2.24, 2.45) is 0 Å². The molecule has 0 atom stereocenters. The summed E-state index contributed by atoms with van der Waals surface area (Å²) in [7, 11) is 0. The van der Waals surface area contributed by atoms with Crippen molar-refractivity contribution in [3.05, 3.63) is 35.9 Å². The van der Waals surface area contributed by atoms with Crippen LogP contribution in [0.1, 0.15) is 25.7 Å². The molecular weight excluding hydrogens is 171 g/mol. The maximum atomic E-state index is 5.41. The van der Waals surface area contributed by atoms with E-state index in [4.69, 9.17) is 9.47 Å². The van der Waals surface area contributed by atoms with E-state index in [1.54, 1.807) is 0 Å². The first kappa shape index (κ1) is 13.7. The first-order chi connectivity index (χ1) is 6.38. The molecular formula is C11H15LiO2. The summed E-state index contributed by atoms with van der Waals surface area (Å²) >= 11 is 0. The minimum Gasteiger partial charge on any atom is -0.351 e. The molecule has 2 nitrogen and oxygen atoms in total. The molecule has 1 aromatic carbocycles. The average molecular weight is 186 g/mol. The van der Waals surface area contributed by atoms with Crippen LogP contribution in [0.3, 0.4) is 0 Å².